The Morgan fingerprint density at radius 1 is 0.903 bits per heavy atom. The molecule has 1 N–H and O–H groups in total. The first-order chi connectivity index (χ1) is 14.9. The lowest BCUT2D eigenvalue weighted by Gasteiger charge is -2.11. The molecule has 1 aliphatic rings. The molecule has 3 aromatic carbocycles. The molecule has 0 saturated carbocycles. The van der Waals surface area contributed by atoms with Gasteiger partial charge in [0.2, 0.25) is 5.88 Å². The van der Waals surface area contributed by atoms with E-state index < -0.39 is 17.1 Å². The van der Waals surface area contributed by atoms with Gasteiger partial charge in [0.05, 0.1) is 11.4 Å². The highest BCUT2D eigenvalue weighted by Gasteiger charge is 2.28. The fourth-order valence-corrected chi connectivity index (χ4v) is 4.03. The first-order valence-corrected chi connectivity index (χ1v) is 9.64. The average Bonchev–Trinajstić information content (AvgIpc) is 3.17. The van der Waals surface area contributed by atoms with Gasteiger partial charge in [-0.2, -0.15) is 0 Å². The zero-order chi connectivity index (χ0) is 21.9. The van der Waals surface area contributed by atoms with Gasteiger partial charge >= 0.3 is 5.69 Å². The molecule has 0 unspecified atom stereocenters. The lowest BCUT2D eigenvalue weighted by Crippen LogP contribution is -2.40. The Hall–Kier alpha value is -4.26. The standard InChI is InChI=1S/C24H17N3O4/c1-26-22(29)19(23(30)27(2)24(26)31)20-16-10-6-9-14-15(11-12-17(25-20)18(14)16)21(28)13-7-4-3-5-8-13/h3-12,29H,1-2H3. The van der Waals surface area contributed by atoms with E-state index in [1.165, 1.54) is 14.1 Å². The molecule has 0 atom stereocenters. The van der Waals surface area contributed by atoms with Crippen LogP contribution in [0.15, 0.2) is 75.2 Å². The predicted octanol–water partition coefficient (Wildman–Crippen LogP) is 2.66. The molecule has 0 bridgehead atoms. The van der Waals surface area contributed by atoms with E-state index in [0.29, 0.717) is 27.8 Å². The minimum absolute atomic E-state index is 0.0516. The van der Waals surface area contributed by atoms with Gasteiger partial charge in [0.1, 0.15) is 5.56 Å². The third-order valence-corrected chi connectivity index (χ3v) is 5.66. The number of carbonyl (C=O) groups excluding carboxylic acids is 1. The second-order valence-corrected chi connectivity index (χ2v) is 7.42. The van der Waals surface area contributed by atoms with Gasteiger partial charge in [-0.05, 0) is 17.5 Å². The highest BCUT2D eigenvalue weighted by molar-refractivity contribution is 6.29. The van der Waals surface area contributed by atoms with Gasteiger partial charge in [0.25, 0.3) is 5.56 Å². The minimum Gasteiger partial charge on any atom is -0.494 e. The third-order valence-electron chi connectivity index (χ3n) is 5.66. The van der Waals surface area contributed by atoms with Crippen molar-refractivity contribution in [3.05, 3.63) is 104 Å². The molecule has 31 heavy (non-hydrogen) atoms. The smallest absolute Gasteiger partial charge is 0.333 e. The summed E-state index contributed by atoms with van der Waals surface area (Å²) in [5, 5.41) is 12.0. The molecule has 2 heterocycles. The summed E-state index contributed by atoms with van der Waals surface area (Å²) in [7, 11) is 2.74. The minimum atomic E-state index is -0.634. The van der Waals surface area contributed by atoms with Crippen LogP contribution in [0.4, 0.5) is 5.69 Å². The fraction of sp³-hybridized carbons (Fsp3) is 0.0833. The first kappa shape index (κ1) is 18.7. The van der Waals surface area contributed by atoms with Crippen molar-refractivity contribution in [3.8, 4) is 5.88 Å². The summed E-state index contributed by atoms with van der Waals surface area (Å²) >= 11 is 0. The molecule has 4 aromatic rings. The highest BCUT2D eigenvalue weighted by Crippen LogP contribution is 2.39. The quantitative estimate of drug-likeness (QED) is 0.462. The number of nitrogens with zero attached hydrogens (tertiary/aromatic N) is 3. The van der Waals surface area contributed by atoms with Gasteiger partial charge in [-0.15, -0.1) is 0 Å². The Kier molecular flexibility index (Phi) is 4.01. The van der Waals surface area contributed by atoms with Crippen LogP contribution in [0.3, 0.4) is 0 Å². The topological polar surface area (TPSA) is 93.7 Å². The Bertz CT molecular complexity index is 1560. The summed E-state index contributed by atoms with van der Waals surface area (Å²) in [4.78, 5) is 42.7. The van der Waals surface area contributed by atoms with Crippen molar-refractivity contribution in [1.82, 2.24) is 9.13 Å². The van der Waals surface area contributed by atoms with Crippen LogP contribution < -0.4 is 11.2 Å². The van der Waals surface area contributed by atoms with Gasteiger partial charge in [-0.3, -0.25) is 18.7 Å². The van der Waals surface area contributed by atoms with Crippen LogP contribution in [-0.4, -0.2) is 25.7 Å². The molecular formula is C24H17N3O4. The summed E-state index contributed by atoms with van der Waals surface area (Å²) in [6, 6.07) is 17.9. The molecule has 152 valence electrons. The monoisotopic (exact) mass is 411 g/mol. The summed E-state index contributed by atoms with van der Waals surface area (Å²) in [6.07, 6.45) is 0. The van der Waals surface area contributed by atoms with E-state index >= 15 is 0 Å². The molecule has 0 aliphatic carbocycles. The predicted molar refractivity (Wildman–Crippen MR) is 118 cm³/mol. The van der Waals surface area contributed by atoms with Crippen molar-refractivity contribution in [2.75, 3.05) is 0 Å². The van der Waals surface area contributed by atoms with Crippen molar-refractivity contribution in [2.24, 2.45) is 19.1 Å². The zero-order valence-corrected chi connectivity index (χ0v) is 16.8. The van der Waals surface area contributed by atoms with E-state index in [2.05, 4.69) is 4.99 Å². The van der Waals surface area contributed by atoms with Crippen LogP contribution >= 0.6 is 0 Å². The van der Waals surface area contributed by atoms with Gasteiger partial charge in [-0.25, -0.2) is 9.79 Å². The lowest BCUT2D eigenvalue weighted by atomic mass is 9.93. The summed E-state index contributed by atoms with van der Waals surface area (Å²) in [5.41, 5.74) is 1.29. The van der Waals surface area contributed by atoms with Gasteiger partial charge in [0, 0.05) is 36.2 Å². The number of rotatable bonds is 3. The van der Waals surface area contributed by atoms with Crippen molar-refractivity contribution >= 4 is 28.0 Å². The largest absolute Gasteiger partial charge is 0.494 e. The number of aromatic nitrogens is 2. The number of aromatic hydroxyl groups is 1. The molecule has 1 aromatic heterocycles. The van der Waals surface area contributed by atoms with Crippen molar-refractivity contribution < 1.29 is 9.90 Å². The normalized spacial score (nSPS) is 12.3. The Balaban J connectivity index is 1.76. The van der Waals surface area contributed by atoms with E-state index in [0.717, 1.165) is 14.5 Å². The summed E-state index contributed by atoms with van der Waals surface area (Å²) in [6.45, 7) is 0. The van der Waals surface area contributed by atoms with Gasteiger partial charge in [-0.1, -0.05) is 48.5 Å². The van der Waals surface area contributed by atoms with E-state index in [9.17, 15) is 19.5 Å². The lowest BCUT2D eigenvalue weighted by molar-refractivity contribution is 0.104. The maximum Gasteiger partial charge on any atom is 0.333 e. The zero-order valence-electron chi connectivity index (χ0n) is 16.8. The van der Waals surface area contributed by atoms with Crippen LogP contribution in [0.25, 0.3) is 10.8 Å². The number of carbonyl (C=O) groups is 1. The van der Waals surface area contributed by atoms with Crippen molar-refractivity contribution in [2.45, 2.75) is 0 Å². The van der Waals surface area contributed by atoms with Crippen molar-refractivity contribution in [3.63, 3.8) is 0 Å². The van der Waals surface area contributed by atoms with E-state index in [-0.39, 0.29) is 17.1 Å². The molecule has 0 fully saturated rings. The molecular weight excluding hydrogens is 394 g/mol. The van der Waals surface area contributed by atoms with Gasteiger partial charge in [0.15, 0.2) is 5.78 Å². The molecule has 7 heteroatoms. The molecule has 0 radical (unpaired) electrons. The molecule has 0 spiro atoms. The van der Waals surface area contributed by atoms with Crippen LogP contribution in [0, 0.1) is 0 Å². The second-order valence-electron chi connectivity index (χ2n) is 7.42. The van der Waals surface area contributed by atoms with E-state index in [1.807, 2.05) is 24.3 Å². The SMILES string of the molecule is Cn1c(O)c(C2=Nc3ccc(C(=O)c4ccccc4)c4cccc2c34)c(=O)n(C)c1=O. The number of hydrogen-bond donors (Lipinski definition) is 1. The fourth-order valence-electron chi connectivity index (χ4n) is 4.03. The van der Waals surface area contributed by atoms with E-state index in [4.69, 9.17) is 0 Å². The maximum absolute atomic E-state index is 13.1. The maximum atomic E-state index is 13.1. The number of ketones is 1. The summed E-state index contributed by atoms with van der Waals surface area (Å²) in [5.74, 6) is -0.559. The van der Waals surface area contributed by atoms with Crippen LogP contribution in [0.1, 0.15) is 27.0 Å². The Morgan fingerprint density at radius 2 is 1.65 bits per heavy atom. The molecule has 0 saturated heterocycles. The molecule has 0 amide bonds. The van der Waals surface area contributed by atoms with Crippen molar-refractivity contribution in [1.29, 1.82) is 0 Å². The van der Waals surface area contributed by atoms with Crippen LogP contribution in [-0.2, 0) is 14.1 Å². The highest BCUT2D eigenvalue weighted by atomic mass is 16.3. The van der Waals surface area contributed by atoms with Crippen LogP contribution in [0.5, 0.6) is 5.88 Å². The van der Waals surface area contributed by atoms with Crippen LogP contribution in [0.2, 0.25) is 0 Å². The van der Waals surface area contributed by atoms with E-state index in [1.54, 1.807) is 36.4 Å². The first-order valence-electron chi connectivity index (χ1n) is 9.64. The molecule has 1 aliphatic heterocycles. The molecule has 7 nitrogen and oxygen atoms in total. The molecule has 5 rings (SSSR count). The average molecular weight is 411 g/mol. The number of benzene rings is 3. The number of hydrogen-bond acceptors (Lipinski definition) is 5. The number of aliphatic imine (C=N–C) groups is 1. The van der Waals surface area contributed by atoms with Gasteiger partial charge < -0.3 is 5.11 Å². The summed E-state index contributed by atoms with van der Waals surface area (Å²) < 4.78 is 1.94. The Morgan fingerprint density at radius 3 is 2.39 bits per heavy atom. The third kappa shape index (κ3) is 2.60. The second kappa shape index (κ2) is 6.63. The Labute approximate surface area is 176 Å².